The van der Waals surface area contributed by atoms with E-state index in [4.69, 9.17) is 4.98 Å². The molecule has 3 aromatic heterocycles. The van der Waals surface area contributed by atoms with Gasteiger partial charge in [-0.1, -0.05) is 0 Å². The maximum atomic E-state index is 13.1. The standard InChI is InChI=1S/C23H22F2N4OS2/c1-12-21(32-13(2)27-12)19-11-31-20(28-19)9-16-4-3-14(10-26-16)23(30)29-17-5-6-18(29)8-15(7-17)22(24)25/h3-4,10-11,17-18H,5-9H2,1-2H3/t17-,18+. The molecule has 3 aromatic rings. The maximum absolute atomic E-state index is 13.1. The molecule has 2 aliphatic heterocycles. The molecule has 0 spiro atoms. The lowest BCUT2D eigenvalue weighted by Gasteiger charge is -2.35. The number of thiazole rings is 2. The topological polar surface area (TPSA) is 59.0 Å². The van der Waals surface area contributed by atoms with Gasteiger partial charge in [-0.25, -0.2) is 9.97 Å². The number of fused-ring (bicyclic) bond motifs is 2. The number of hydrogen-bond acceptors (Lipinski definition) is 6. The molecule has 0 aliphatic carbocycles. The number of pyridine rings is 1. The van der Waals surface area contributed by atoms with E-state index in [1.165, 1.54) is 0 Å². The zero-order valence-corrected chi connectivity index (χ0v) is 19.4. The van der Waals surface area contributed by atoms with Gasteiger partial charge < -0.3 is 4.90 Å². The highest BCUT2D eigenvalue weighted by Crippen LogP contribution is 2.40. The summed E-state index contributed by atoms with van der Waals surface area (Å²) in [6.07, 6.45) is 2.74. The van der Waals surface area contributed by atoms with Gasteiger partial charge in [0.15, 0.2) is 0 Å². The van der Waals surface area contributed by atoms with Crippen LogP contribution in [0, 0.1) is 13.8 Å². The van der Waals surface area contributed by atoms with Crippen LogP contribution in [0.3, 0.4) is 0 Å². The molecule has 2 atom stereocenters. The van der Waals surface area contributed by atoms with Crippen molar-refractivity contribution in [2.24, 2.45) is 0 Å². The van der Waals surface area contributed by atoms with Crippen molar-refractivity contribution in [1.29, 1.82) is 0 Å². The lowest BCUT2D eigenvalue weighted by Crippen LogP contribution is -2.44. The Balaban J connectivity index is 1.28. The van der Waals surface area contributed by atoms with E-state index in [-0.39, 0.29) is 36.4 Å². The van der Waals surface area contributed by atoms with Crippen molar-refractivity contribution in [3.8, 4) is 10.6 Å². The Morgan fingerprint density at radius 3 is 2.50 bits per heavy atom. The first kappa shape index (κ1) is 21.3. The molecule has 5 rings (SSSR count). The van der Waals surface area contributed by atoms with Crippen molar-refractivity contribution in [3.63, 3.8) is 0 Å². The summed E-state index contributed by atoms with van der Waals surface area (Å²) in [5.74, 6) is -0.109. The summed E-state index contributed by atoms with van der Waals surface area (Å²) in [5, 5.41) is 4.03. The Labute approximate surface area is 192 Å². The first-order valence-corrected chi connectivity index (χ1v) is 12.3. The second-order valence-electron chi connectivity index (χ2n) is 8.36. The van der Waals surface area contributed by atoms with Crippen LogP contribution < -0.4 is 0 Å². The van der Waals surface area contributed by atoms with Gasteiger partial charge in [-0.05, 0) is 57.2 Å². The van der Waals surface area contributed by atoms with Gasteiger partial charge in [-0.15, -0.1) is 22.7 Å². The Morgan fingerprint density at radius 2 is 1.91 bits per heavy atom. The number of aryl methyl sites for hydroxylation is 2. The third-order valence-electron chi connectivity index (χ3n) is 6.18. The van der Waals surface area contributed by atoms with E-state index < -0.39 is 6.08 Å². The molecular formula is C23H22F2N4OS2. The second-order valence-corrected chi connectivity index (χ2v) is 10.5. The molecule has 2 saturated heterocycles. The monoisotopic (exact) mass is 472 g/mol. The van der Waals surface area contributed by atoms with E-state index in [9.17, 15) is 13.6 Å². The fourth-order valence-corrected chi connectivity index (χ4v) is 6.48. The van der Waals surface area contributed by atoms with Crippen molar-refractivity contribution in [1.82, 2.24) is 19.9 Å². The van der Waals surface area contributed by atoms with Gasteiger partial charge in [-0.3, -0.25) is 9.78 Å². The van der Waals surface area contributed by atoms with E-state index in [0.717, 1.165) is 44.8 Å². The molecule has 2 fully saturated rings. The van der Waals surface area contributed by atoms with E-state index >= 15 is 0 Å². The molecule has 9 heteroatoms. The fourth-order valence-electron chi connectivity index (χ4n) is 4.72. The number of aromatic nitrogens is 3. The van der Waals surface area contributed by atoms with E-state index in [1.54, 1.807) is 39.8 Å². The molecule has 5 nitrogen and oxygen atoms in total. The predicted molar refractivity (Wildman–Crippen MR) is 121 cm³/mol. The Hall–Kier alpha value is -2.52. The summed E-state index contributed by atoms with van der Waals surface area (Å²) in [6.45, 7) is 3.99. The summed E-state index contributed by atoms with van der Waals surface area (Å²) in [4.78, 5) is 29.7. The number of amides is 1. The normalized spacial score (nSPS) is 20.1. The fraction of sp³-hybridized carbons (Fsp3) is 0.391. The zero-order valence-electron chi connectivity index (χ0n) is 17.8. The van der Waals surface area contributed by atoms with Gasteiger partial charge in [-0.2, -0.15) is 8.78 Å². The van der Waals surface area contributed by atoms with Crippen LogP contribution in [0.15, 0.2) is 35.4 Å². The minimum absolute atomic E-state index is 0.109. The quantitative estimate of drug-likeness (QED) is 0.482. The molecular weight excluding hydrogens is 450 g/mol. The largest absolute Gasteiger partial charge is 0.332 e. The zero-order chi connectivity index (χ0) is 22.4. The van der Waals surface area contributed by atoms with Crippen molar-refractivity contribution >= 4 is 28.6 Å². The smallest absolute Gasteiger partial charge is 0.269 e. The highest BCUT2D eigenvalue weighted by molar-refractivity contribution is 7.16. The molecule has 32 heavy (non-hydrogen) atoms. The van der Waals surface area contributed by atoms with Crippen LogP contribution in [-0.4, -0.2) is 37.8 Å². The molecule has 2 aliphatic rings. The lowest BCUT2D eigenvalue weighted by molar-refractivity contribution is 0.0628. The van der Waals surface area contributed by atoms with Crippen LogP contribution in [0.5, 0.6) is 0 Å². The SMILES string of the molecule is Cc1nc(C)c(-c2csc(Cc3ccc(C(=O)N4[C@@H]5CC[C@H]4CC(=C(F)F)C5)cn3)n2)s1. The second kappa shape index (κ2) is 8.44. The summed E-state index contributed by atoms with van der Waals surface area (Å²) in [7, 11) is 0. The van der Waals surface area contributed by atoms with Crippen LogP contribution in [-0.2, 0) is 6.42 Å². The van der Waals surface area contributed by atoms with Crippen LogP contribution in [0.2, 0.25) is 0 Å². The minimum atomic E-state index is -1.58. The molecule has 2 bridgehead atoms. The van der Waals surface area contributed by atoms with Crippen molar-refractivity contribution < 1.29 is 13.6 Å². The number of nitrogens with zero attached hydrogens (tertiary/aromatic N) is 4. The number of piperidine rings is 1. The van der Waals surface area contributed by atoms with Crippen molar-refractivity contribution in [2.75, 3.05) is 0 Å². The van der Waals surface area contributed by atoms with Gasteiger partial charge in [0.05, 0.1) is 31.8 Å². The molecule has 0 N–H and O–H groups in total. The number of halogens is 2. The van der Waals surface area contributed by atoms with Crippen LogP contribution >= 0.6 is 22.7 Å². The third kappa shape index (κ3) is 3.99. The first-order valence-electron chi connectivity index (χ1n) is 10.6. The number of rotatable bonds is 4. The number of hydrogen-bond donors (Lipinski definition) is 0. The van der Waals surface area contributed by atoms with Crippen LogP contribution in [0.1, 0.15) is 57.4 Å². The summed E-state index contributed by atoms with van der Waals surface area (Å²) >= 11 is 3.23. The predicted octanol–water partition coefficient (Wildman–Crippen LogP) is 5.79. The summed E-state index contributed by atoms with van der Waals surface area (Å²) < 4.78 is 26.1. The molecule has 0 unspecified atom stereocenters. The van der Waals surface area contributed by atoms with E-state index in [1.807, 2.05) is 25.3 Å². The molecule has 5 heterocycles. The highest BCUT2D eigenvalue weighted by Gasteiger charge is 2.42. The molecule has 1 amide bonds. The summed E-state index contributed by atoms with van der Waals surface area (Å²) in [6, 6.07) is 3.38. The number of carbonyl (C=O) groups is 1. The van der Waals surface area contributed by atoms with Gasteiger partial charge in [0.2, 0.25) is 0 Å². The van der Waals surface area contributed by atoms with Crippen molar-refractivity contribution in [3.05, 3.63) is 62.3 Å². The third-order valence-corrected chi connectivity index (χ3v) is 8.12. The summed E-state index contributed by atoms with van der Waals surface area (Å²) in [5.41, 5.74) is 3.49. The number of carbonyl (C=O) groups excluding carboxylic acids is 1. The lowest BCUT2D eigenvalue weighted by atomic mass is 9.97. The average molecular weight is 473 g/mol. The van der Waals surface area contributed by atoms with Gasteiger partial charge >= 0.3 is 0 Å². The molecule has 0 aromatic carbocycles. The molecule has 0 saturated carbocycles. The van der Waals surface area contributed by atoms with Gasteiger partial charge in [0, 0.05) is 35.8 Å². The average Bonchev–Trinajstić information content (AvgIpc) is 3.43. The van der Waals surface area contributed by atoms with Gasteiger partial charge in [0.25, 0.3) is 12.0 Å². The minimum Gasteiger partial charge on any atom is -0.332 e. The van der Waals surface area contributed by atoms with Crippen LogP contribution in [0.25, 0.3) is 10.6 Å². The van der Waals surface area contributed by atoms with Gasteiger partial charge in [0.1, 0.15) is 0 Å². The van der Waals surface area contributed by atoms with E-state index in [2.05, 4.69) is 9.97 Å². The maximum Gasteiger partial charge on any atom is 0.269 e. The Morgan fingerprint density at radius 1 is 1.16 bits per heavy atom. The molecule has 0 radical (unpaired) electrons. The Bertz CT molecular complexity index is 1180. The molecule has 166 valence electrons. The van der Waals surface area contributed by atoms with Crippen molar-refractivity contribution in [2.45, 2.75) is 58.0 Å². The van der Waals surface area contributed by atoms with E-state index in [0.29, 0.717) is 12.0 Å². The first-order chi connectivity index (χ1) is 15.4. The van der Waals surface area contributed by atoms with Crippen LogP contribution in [0.4, 0.5) is 8.78 Å². The highest BCUT2D eigenvalue weighted by atomic mass is 32.1. The Kier molecular flexibility index (Phi) is 5.63.